The summed E-state index contributed by atoms with van der Waals surface area (Å²) in [4.78, 5) is 30.2. The van der Waals surface area contributed by atoms with E-state index in [0.29, 0.717) is 12.1 Å². The monoisotopic (exact) mass is 447 g/mol. The van der Waals surface area contributed by atoms with Crippen molar-refractivity contribution in [2.75, 3.05) is 6.54 Å². The van der Waals surface area contributed by atoms with Crippen LogP contribution in [0.5, 0.6) is 0 Å². The Morgan fingerprint density at radius 1 is 1.26 bits per heavy atom. The molecule has 0 spiro atoms. The minimum absolute atomic E-state index is 0.126. The normalized spacial score (nSPS) is 23.3. The van der Waals surface area contributed by atoms with Crippen molar-refractivity contribution in [3.63, 3.8) is 0 Å². The Morgan fingerprint density at radius 3 is 2.39 bits per heavy atom. The van der Waals surface area contributed by atoms with E-state index in [1.54, 1.807) is 0 Å². The fourth-order valence-electron chi connectivity index (χ4n) is 4.56. The summed E-state index contributed by atoms with van der Waals surface area (Å²) in [6.45, 7) is 14.2. The lowest BCUT2D eigenvalue weighted by Gasteiger charge is -2.37. The van der Waals surface area contributed by atoms with E-state index in [2.05, 4.69) is 25.8 Å². The Morgan fingerprint density at radius 2 is 1.87 bits per heavy atom. The minimum Gasteiger partial charge on any atom is -0.331 e. The summed E-state index contributed by atoms with van der Waals surface area (Å²) >= 11 is 0. The zero-order chi connectivity index (χ0) is 23.5. The van der Waals surface area contributed by atoms with E-state index < -0.39 is 20.0 Å². The smallest absolute Gasteiger partial charge is 0.270 e. The minimum atomic E-state index is -3.94. The zero-order valence-corrected chi connectivity index (χ0v) is 19.8. The van der Waals surface area contributed by atoms with Crippen LogP contribution in [0.25, 0.3) is 0 Å². The highest BCUT2D eigenvalue weighted by molar-refractivity contribution is 7.93. The Labute approximate surface area is 183 Å². The van der Waals surface area contributed by atoms with Gasteiger partial charge in [-0.1, -0.05) is 34.6 Å². The fraction of sp³-hybridized carbons (Fsp3) is 0.545. The van der Waals surface area contributed by atoms with Gasteiger partial charge in [0.05, 0.1) is 32.8 Å². The molecule has 0 radical (unpaired) electrons. The van der Waals surface area contributed by atoms with Gasteiger partial charge in [0.15, 0.2) is 9.84 Å². The van der Waals surface area contributed by atoms with Gasteiger partial charge in [-0.15, -0.1) is 0 Å². The molecule has 0 saturated heterocycles. The molecule has 1 aromatic rings. The number of nitro benzene ring substituents is 1. The molecule has 0 bridgehead atoms. The highest BCUT2D eigenvalue weighted by Gasteiger charge is 2.48. The van der Waals surface area contributed by atoms with Crippen molar-refractivity contribution in [1.82, 2.24) is 4.90 Å². The van der Waals surface area contributed by atoms with Crippen LogP contribution in [0.1, 0.15) is 48.5 Å². The molecule has 2 heterocycles. The van der Waals surface area contributed by atoms with Crippen LogP contribution in [0.4, 0.5) is 11.4 Å². The van der Waals surface area contributed by atoms with Crippen LogP contribution in [0.15, 0.2) is 39.2 Å². The maximum absolute atomic E-state index is 13.5. The van der Waals surface area contributed by atoms with E-state index >= 15 is 0 Å². The standard InChI is InChI=1S/C22H29N3O5S/c1-12(2)11-24-20(22(5,6)7)13(3)18(21(24)26)19-14(4)31(29,30)17-10-15(25(27)28)8-9-16(17)23-19/h8-10,12,14,20H,11H2,1-7H3. The summed E-state index contributed by atoms with van der Waals surface area (Å²) in [7, 11) is -3.94. The number of hydrogen-bond acceptors (Lipinski definition) is 6. The van der Waals surface area contributed by atoms with Crippen LogP contribution in [0, 0.1) is 21.4 Å². The lowest BCUT2D eigenvalue weighted by atomic mass is 9.81. The number of fused-ring (bicyclic) bond motifs is 1. The summed E-state index contributed by atoms with van der Waals surface area (Å²) in [6, 6.07) is 3.43. The second-order valence-electron chi connectivity index (χ2n) is 9.77. The van der Waals surface area contributed by atoms with Crippen molar-refractivity contribution in [2.24, 2.45) is 16.3 Å². The van der Waals surface area contributed by atoms with Crippen molar-refractivity contribution in [2.45, 2.75) is 64.7 Å². The van der Waals surface area contributed by atoms with E-state index in [0.717, 1.165) is 11.6 Å². The number of aliphatic imine (C=N–C) groups is 1. The largest absolute Gasteiger partial charge is 0.331 e. The average Bonchev–Trinajstić information content (AvgIpc) is 2.87. The van der Waals surface area contributed by atoms with E-state index in [4.69, 9.17) is 0 Å². The van der Waals surface area contributed by atoms with Gasteiger partial charge < -0.3 is 4.90 Å². The van der Waals surface area contributed by atoms with Gasteiger partial charge in [0, 0.05) is 18.7 Å². The van der Waals surface area contributed by atoms with Gasteiger partial charge in [0.2, 0.25) is 0 Å². The number of hydrogen-bond donors (Lipinski definition) is 0. The molecule has 0 aliphatic carbocycles. The summed E-state index contributed by atoms with van der Waals surface area (Å²) in [6.07, 6.45) is 0. The van der Waals surface area contributed by atoms with Crippen LogP contribution in [0.2, 0.25) is 0 Å². The topological polar surface area (TPSA) is 110 Å². The van der Waals surface area contributed by atoms with Crippen molar-refractivity contribution in [1.29, 1.82) is 0 Å². The predicted molar refractivity (Wildman–Crippen MR) is 119 cm³/mol. The number of rotatable bonds is 4. The van der Waals surface area contributed by atoms with E-state index in [-0.39, 0.29) is 45.3 Å². The zero-order valence-electron chi connectivity index (χ0n) is 19.0. The molecule has 8 nitrogen and oxygen atoms in total. The molecule has 0 fully saturated rings. The molecule has 0 saturated carbocycles. The third-order valence-electron chi connectivity index (χ3n) is 5.78. The molecule has 2 aliphatic heterocycles. The first-order valence-electron chi connectivity index (χ1n) is 10.3. The molecule has 168 valence electrons. The first kappa shape index (κ1) is 23.1. The third-order valence-corrected chi connectivity index (χ3v) is 7.88. The average molecular weight is 448 g/mol. The van der Waals surface area contributed by atoms with E-state index in [1.165, 1.54) is 19.1 Å². The molecule has 2 aliphatic rings. The quantitative estimate of drug-likeness (QED) is 0.510. The second-order valence-corrected chi connectivity index (χ2v) is 12.0. The molecular formula is C22H29N3O5S. The Balaban J connectivity index is 2.22. The summed E-state index contributed by atoms with van der Waals surface area (Å²) in [5.74, 6) is 0.0361. The predicted octanol–water partition coefficient (Wildman–Crippen LogP) is 4.07. The molecule has 0 N–H and O–H groups in total. The number of nitrogens with zero attached hydrogens (tertiary/aromatic N) is 3. The van der Waals surface area contributed by atoms with E-state index in [1.807, 2.05) is 25.7 Å². The van der Waals surface area contributed by atoms with Gasteiger partial charge >= 0.3 is 0 Å². The Hall–Kier alpha value is -2.55. The maximum atomic E-state index is 13.5. The van der Waals surface area contributed by atoms with Gasteiger partial charge in [-0.05, 0) is 36.8 Å². The lowest BCUT2D eigenvalue weighted by molar-refractivity contribution is -0.385. The molecule has 31 heavy (non-hydrogen) atoms. The highest BCUT2D eigenvalue weighted by atomic mass is 32.2. The van der Waals surface area contributed by atoms with Gasteiger partial charge in [0.1, 0.15) is 5.25 Å². The number of carbonyl (C=O) groups excluding carboxylic acids is 1. The van der Waals surface area contributed by atoms with Crippen molar-refractivity contribution in [3.8, 4) is 0 Å². The van der Waals surface area contributed by atoms with Crippen LogP contribution >= 0.6 is 0 Å². The van der Waals surface area contributed by atoms with Gasteiger partial charge in [-0.2, -0.15) is 0 Å². The lowest BCUT2D eigenvalue weighted by Crippen LogP contribution is -2.45. The number of amides is 1. The molecule has 1 amide bonds. The van der Waals surface area contributed by atoms with Crippen molar-refractivity contribution >= 4 is 32.8 Å². The number of benzene rings is 1. The Bertz CT molecular complexity index is 1130. The number of carbonyl (C=O) groups is 1. The van der Waals surface area contributed by atoms with Gasteiger partial charge in [-0.25, -0.2) is 13.4 Å². The van der Waals surface area contributed by atoms with Gasteiger partial charge in [0.25, 0.3) is 11.6 Å². The van der Waals surface area contributed by atoms with Crippen molar-refractivity contribution in [3.05, 3.63) is 39.5 Å². The van der Waals surface area contributed by atoms with Crippen molar-refractivity contribution < 1.29 is 18.1 Å². The first-order chi connectivity index (χ1) is 14.2. The molecule has 1 aromatic carbocycles. The van der Waals surface area contributed by atoms with Gasteiger partial charge in [-0.3, -0.25) is 14.9 Å². The Kier molecular flexibility index (Phi) is 5.63. The summed E-state index contributed by atoms with van der Waals surface area (Å²) in [5, 5.41) is 10.0. The summed E-state index contributed by atoms with van der Waals surface area (Å²) in [5.41, 5.74) is 0.943. The highest BCUT2D eigenvalue weighted by Crippen LogP contribution is 2.42. The van der Waals surface area contributed by atoms with Crippen LogP contribution < -0.4 is 0 Å². The fourth-order valence-corrected chi connectivity index (χ4v) is 6.10. The van der Waals surface area contributed by atoms with Crippen LogP contribution in [-0.2, 0) is 14.6 Å². The van der Waals surface area contributed by atoms with Crippen LogP contribution in [0.3, 0.4) is 0 Å². The maximum Gasteiger partial charge on any atom is 0.270 e. The number of nitro groups is 1. The van der Waals surface area contributed by atoms with E-state index in [9.17, 15) is 23.3 Å². The third kappa shape index (κ3) is 3.79. The molecular weight excluding hydrogens is 418 g/mol. The molecule has 2 atom stereocenters. The number of sulfone groups is 1. The molecule has 2 unspecified atom stereocenters. The summed E-state index contributed by atoms with van der Waals surface area (Å²) < 4.78 is 26.5. The first-order valence-corrected chi connectivity index (χ1v) is 11.9. The SMILES string of the molecule is CC1=C(C2=Nc3ccc([N+](=O)[O-])cc3S(=O)(=O)C2C)C(=O)N(CC(C)C)C1C(C)(C)C. The second kappa shape index (κ2) is 7.55. The number of non-ortho nitro benzene ring substituents is 1. The molecule has 0 aromatic heterocycles. The molecule has 3 rings (SSSR count). The van der Waals surface area contributed by atoms with Crippen LogP contribution in [-0.4, -0.2) is 47.7 Å². The molecule has 9 heteroatoms.